The molecule has 0 saturated heterocycles. The maximum absolute atomic E-state index is 9.83. The number of benzene rings is 1. The van der Waals surface area contributed by atoms with Crippen LogP contribution in [0.2, 0.25) is 0 Å². The third-order valence-electron chi connectivity index (χ3n) is 3.63. The van der Waals surface area contributed by atoms with E-state index in [0.717, 1.165) is 41.5 Å². The molecule has 1 aliphatic carbocycles. The summed E-state index contributed by atoms with van der Waals surface area (Å²) in [5.74, 6) is 0.778. The van der Waals surface area contributed by atoms with Gasteiger partial charge in [0.05, 0.1) is 12.2 Å². The Labute approximate surface area is 123 Å². The summed E-state index contributed by atoms with van der Waals surface area (Å²) in [5.41, 5.74) is 0.828. The second-order valence-electron chi connectivity index (χ2n) is 5.12. The second-order valence-corrected chi connectivity index (χ2v) is 6.04. The lowest BCUT2D eigenvalue weighted by molar-refractivity contribution is 0.0199. The van der Waals surface area contributed by atoms with Gasteiger partial charge in [-0.3, -0.25) is 0 Å². The van der Waals surface area contributed by atoms with Crippen molar-refractivity contribution in [2.24, 2.45) is 0 Å². The van der Waals surface area contributed by atoms with Crippen LogP contribution in [0, 0.1) is 0 Å². The number of rotatable bonds is 4. The van der Waals surface area contributed by atoms with Gasteiger partial charge in [-0.05, 0) is 44.4 Å². The molecule has 1 aromatic rings. The average Bonchev–Trinajstić information content (AvgIpc) is 2.41. The summed E-state index contributed by atoms with van der Waals surface area (Å²) >= 11 is 3.42. The minimum atomic E-state index is -0.533. The highest BCUT2D eigenvalue weighted by Gasteiger charge is 2.24. The Morgan fingerprint density at radius 2 is 2.05 bits per heavy atom. The molecule has 1 N–H and O–H groups in total. The Morgan fingerprint density at radius 1 is 1.32 bits per heavy atom. The Morgan fingerprint density at radius 3 is 2.74 bits per heavy atom. The van der Waals surface area contributed by atoms with Gasteiger partial charge in [0, 0.05) is 23.6 Å². The summed E-state index contributed by atoms with van der Waals surface area (Å²) < 4.78 is 12.4. The van der Waals surface area contributed by atoms with Crippen LogP contribution in [0.5, 0.6) is 5.75 Å². The van der Waals surface area contributed by atoms with Crippen molar-refractivity contribution in [3.63, 3.8) is 0 Å². The minimum Gasteiger partial charge on any atom is -0.490 e. The number of ether oxygens (including phenoxy) is 2. The molecule has 2 unspecified atom stereocenters. The van der Waals surface area contributed by atoms with Crippen molar-refractivity contribution in [2.75, 3.05) is 7.11 Å². The van der Waals surface area contributed by atoms with Gasteiger partial charge in [-0.25, -0.2) is 0 Å². The Kier molecular flexibility index (Phi) is 5.25. The molecule has 1 fully saturated rings. The van der Waals surface area contributed by atoms with Gasteiger partial charge in [-0.2, -0.15) is 0 Å². The zero-order valence-corrected chi connectivity index (χ0v) is 13.0. The number of methoxy groups -OCH3 is 1. The number of aliphatic hydroxyl groups is 1. The lowest BCUT2D eigenvalue weighted by atomic mass is 9.94. The van der Waals surface area contributed by atoms with Gasteiger partial charge in [0.1, 0.15) is 11.9 Å². The van der Waals surface area contributed by atoms with E-state index in [9.17, 15) is 5.11 Å². The van der Waals surface area contributed by atoms with Gasteiger partial charge in [0.15, 0.2) is 0 Å². The van der Waals surface area contributed by atoms with Crippen LogP contribution in [0.15, 0.2) is 22.7 Å². The average molecular weight is 329 g/mol. The molecule has 0 spiro atoms. The van der Waals surface area contributed by atoms with Gasteiger partial charge in [0.2, 0.25) is 0 Å². The van der Waals surface area contributed by atoms with E-state index >= 15 is 0 Å². The van der Waals surface area contributed by atoms with E-state index in [1.165, 1.54) is 0 Å². The van der Waals surface area contributed by atoms with Crippen molar-refractivity contribution in [3.05, 3.63) is 28.2 Å². The molecule has 4 heteroatoms. The van der Waals surface area contributed by atoms with E-state index in [4.69, 9.17) is 9.47 Å². The molecule has 0 radical (unpaired) electrons. The highest BCUT2D eigenvalue weighted by molar-refractivity contribution is 9.10. The molecule has 3 nitrogen and oxygen atoms in total. The van der Waals surface area contributed by atoms with Crippen LogP contribution >= 0.6 is 15.9 Å². The third kappa shape index (κ3) is 3.94. The standard InChI is InChI=1S/C15H21BrO3/c1-10(17)14-8-11(16)6-7-15(14)19-13-5-3-4-12(9-13)18-2/h6-8,10,12-13,17H,3-5,9H2,1-2H3/t10-,12?,13?/m1/s1. The molecular formula is C15H21BrO3. The molecule has 3 atom stereocenters. The van der Waals surface area contributed by atoms with E-state index in [2.05, 4.69) is 15.9 Å². The molecular weight excluding hydrogens is 308 g/mol. The van der Waals surface area contributed by atoms with Crippen molar-refractivity contribution < 1.29 is 14.6 Å². The second kappa shape index (κ2) is 6.73. The van der Waals surface area contributed by atoms with Crippen molar-refractivity contribution in [3.8, 4) is 5.75 Å². The zero-order chi connectivity index (χ0) is 13.8. The minimum absolute atomic E-state index is 0.178. The predicted octanol–water partition coefficient (Wildman–Crippen LogP) is 3.84. The van der Waals surface area contributed by atoms with Gasteiger partial charge >= 0.3 is 0 Å². The van der Waals surface area contributed by atoms with Crippen LogP contribution in [0.4, 0.5) is 0 Å². The topological polar surface area (TPSA) is 38.7 Å². The molecule has 1 saturated carbocycles. The van der Waals surface area contributed by atoms with Crippen LogP contribution in [-0.4, -0.2) is 24.4 Å². The molecule has 1 aromatic carbocycles. The monoisotopic (exact) mass is 328 g/mol. The van der Waals surface area contributed by atoms with Crippen LogP contribution in [0.25, 0.3) is 0 Å². The normalized spacial score (nSPS) is 25.1. The van der Waals surface area contributed by atoms with Crippen molar-refractivity contribution in [2.45, 2.75) is 50.9 Å². The van der Waals surface area contributed by atoms with Gasteiger partial charge in [-0.15, -0.1) is 0 Å². The fourth-order valence-electron chi connectivity index (χ4n) is 2.56. The van der Waals surface area contributed by atoms with Gasteiger partial charge in [0.25, 0.3) is 0 Å². The fraction of sp³-hybridized carbons (Fsp3) is 0.600. The van der Waals surface area contributed by atoms with E-state index in [1.807, 2.05) is 18.2 Å². The molecule has 1 aliphatic rings. The largest absolute Gasteiger partial charge is 0.490 e. The summed E-state index contributed by atoms with van der Waals surface area (Å²) in [6.45, 7) is 1.76. The molecule has 2 rings (SSSR count). The maximum atomic E-state index is 9.83. The quantitative estimate of drug-likeness (QED) is 0.912. The highest BCUT2D eigenvalue weighted by atomic mass is 79.9. The summed E-state index contributed by atoms with van der Waals surface area (Å²) in [5, 5.41) is 9.83. The molecule has 0 heterocycles. The van der Waals surface area contributed by atoms with E-state index in [-0.39, 0.29) is 6.10 Å². The highest BCUT2D eigenvalue weighted by Crippen LogP contribution is 2.32. The van der Waals surface area contributed by atoms with Crippen LogP contribution in [0.1, 0.15) is 44.3 Å². The van der Waals surface area contributed by atoms with Gasteiger partial charge in [-0.1, -0.05) is 15.9 Å². The Bertz CT molecular complexity index is 420. The molecule has 0 aliphatic heterocycles. The number of halogens is 1. The summed E-state index contributed by atoms with van der Waals surface area (Å²) in [7, 11) is 1.76. The van der Waals surface area contributed by atoms with Crippen LogP contribution in [-0.2, 0) is 4.74 Å². The lowest BCUT2D eigenvalue weighted by Crippen LogP contribution is -2.29. The Hall–Kier alpha value is -0.580. The van der Waals surface area contributed by atoms with E-state index in [0.29, 0.717) is 6.10 Å². The van der Waals surface area contributed by atoms with E-state index < -0.39 is 6.10 Å². The SMILES string of the molecule is COC1CCCC(Oc2ccc(Br)cc2[C@@H](C)O)C1. The van der Waals surface area contributed by atoms with Crippen LogP contribution < -0.4 is 4.74 Å². The maximum Gasteiger partial charge on any atom is 0.125 e. The molecule has 0 bridgehead atoms. The number of hydrogen-bond donors (Lipinski definition) is 1. The molecule has 0 amide bonds. The first-order chi connectivity index (χ1) is 9.10. The predicted molar refractivity (Wildman–Crippen MR) is 78.5 cm³/mol. The number of aliphatic hydroxyl groups excluding tert-OH is 1. The fourth-order valence-corrected chi connectivity index (χ4v) is 2.93. The number of hydrogen-bond acceptors (Lipinski definition) is 3. The van der Waals surface area contributed by atoms with Crippen molar-refractivity contribution >= 4 is 15.9 Å². The van der Waals surface area contributed by atoms with E-state index in [1.54, 1.807) is 14.0 Å². The lowest BCUT2D eigenvalue weighted by Gasteiger charge is -2.29. The molecule has 0 aromatic heterocycles. The summed E-state index contributed by atoms with van der Waals surface area (Å²) in [4.78, 5) is 0. The summed E-state index contributed by atoms with van der Waals surface area (Å²) in [6, 6.07) is 5.77. The molecule has 19 heavy (non-hydrogen) atoms. The first-order valence-corrected chi connectivity index (χ1v) is 7.56. The smallest absolute Gasteiger partial charge is 0.125 e. The van der Waals surface area contributed by atoms with Gasteiger partial charge < -0.3 is 14.6 Å². The third-order valence-corrected chi connectivity index (χ3v) is 4.12. The van der Waals surface area contributed by atoms with Crippen molar-refractivity contribution in [1.29, 1.82) is 0 Å². The summed E-state index contributed by atoms with van der Waals surface area (Å²) in [6.07, 6.45) is 4.15. The van der Waals surface area contributed by atoms with Crippen molar-refractivity contribution in [1.82, 2.24) is 0 Å². The zero-order valence-electron chi connectivity index (χ0n) is 11.4. The molecule has 106 valence electrons. The Balaban J connectivity index is 2.10. The first kappa shape index (κ1) is 14.8. The van der Waals surface area contributed by atoms with Crippen LogP contribution in [0.3, 0.4) is 0 Å². The first-order valence-electron chi connectivity index (χ1n) is 6.77.